The van der Waals surface area contributed by atoms with Crippen molar-refractivity contribution in [1.29, 1.82) is 0 Å². The van der Waals surface area contributed by atoms with Gasteiger partial charge < -0.3 is 15.0 Å². The Kier molecular flexibility index (Phi) is 6.92. The van der Waals surface area contributed by atoms with E-state index >= 15 is 0 Å². The van der Waals surface area contributed by atoms with Crippen molar-refractivity contribution in [3.05, 3.63) is 0 Å². The molecule has 102 valence electrons. The standard InChI is InChI=1S/C12H24F2N2O/c1-10-5-15-6-11(2)8-16(7-10)3-4-17-9-12(13)14/h10-12,15H,3-9H2,1-2H3. The molecule has 1 saturated heterocycles. The summed E-state index contributed by atoms with van der Waals surface area (Å²) in [6, 6.07) is 0. The zero-order chi connectivity index (χ0) is 12.7. The van der Waals surface area contributed by atoms with E-state index in [1.165, 1.54) is 0 Å². The fraction of sp³-hybridized carbons (Fsp3) is 1.00. The van der Waals surface area contributed by atoms with Crippen molar-refractivity contribution in [1.82, 2.24) is 10.2 Å². The van der Waals surface area contributed by atoms with Crippen molar-refractivity contribution in [3.63, 3.8) is 0 Å². The third-order valence-electron chi connectivity index (χ3n) is 2.92. The van der Waals surface area contributed by atoms with E-state index in [4.69, 9.17) is 4.74 Å². The van der Waals surface area contributed by atoms with E-state index in [0.29, 0.717) is 18.4 Å². The van der Waals surface area contributed by atoms with E-state index < -0.39 is 13.0 Å². The summed E-state index contributed by atoms with van der Waals surface area (Å²) >= 11 is 0. The van der Waals surface area contributed by atoms with Crippen molar-refractivity contribution in [2.24, 2.45) is 11.8 Å². The summed E-state index contributed by atoms with van der Waals surface area (Å²) in [5.41, 5.74) is 0. The van der Waals surface area contributed by atoms with Gasteiger partial charge in [0, 0.05) is 19.6 Å². The number of nitrogens with one attached hydrogen (secondary N) is 1. The minimum atomic E-state index is -2.36. The largest absolute Gasteiger partial charge is 0.374 e. The Hall–Kier alpha value is -0.260. The Morgan fingerprint density at radius 3 is 2.35 bits per heavy atom. The quantitative estimate of drug-likeness (QED) is 0.747. The highest BCUT2D eigenvalue weighted by molar-refractivity contribution is 4.72. The van der Waals surface area contributed by atoms with E-state index in [9.17, 15) is 8.78 Å². The number of halogens is 2. The van der Waals surface area contributed by atoms with Crippen LogP contribution in [0.5, 0.6) is 0 Å². The summed E-state index contributed by atoms with van der Waals surface area (Å²) < 4.78 is 28.7. The first-order valence-corrected chi connectivity index (χ1v) is 6.37. The van der Waals surface area contributed by atoms with Gasteiger partial charge in [0.05, 0.1) is 6.61 Å². The molecule has 17 heavy (non-hydrogen) atoms. The van der Waals surface area contributed by atoms with Gasteiger partial charge in [-0.25, -0.2) is 8.78 Å². The maximum absolute atomic E-state index is 11.9. The Bertz CT molecular complexity index is 193. The molecule has 5 heteroatoms. The van der Waals surface area contributed by atoms with Crippen LogP contribution in [0.1, 0.15) is 13.8 Å². The van der Waals surface area contributed by atoms with Gasteiger partial charge in [-0.3, -0.25) is 0 Å². The van der Waals surface area contributed by atoms with Gasteiger partial charge in [0.15, 0.2) is 0 Å². The zero-order valence-corrected chi connectivity index (χ0v) is 10.8. The molecule has 0 bridgehead atoms. The van der Waals surface area contributed by atoms with Gasteiger partial charge in [-0.05, 0) is 24.9 Å². The van der Waals surface area contributed by atoms with Crippen LogP contribution in [0.3, 0.4) is 0 Å². The number of rotatable bonds is 5. The number of ether oxygens (including phenoxy) is 1. The van der Waals surface area contributed by atoms with Crippen LogP contribution in [0.4, 0.5) is 8.78 Å². The second-order valence-corrected chi connectivity index (χ2v) is 5.09. The number of alkyl halides is 2. The fourth-order valence-electron chi connectivity index (χ4n) is 2.21. The first-order valence-electron chi connectivity index (χ1n) is 6.37. The Labute approximate surface area is 103 Å². The van der Waals surface area contributed by atoms with Crippen LogP contribution in [0.15, 0.2) is 0 Å². The van der Waals surface area contributed by atoms with E-state index in [-0.39, 0.29) is 0 Å². The average Bonchev–Trinajstić information content (AvgIpc) is 2.21. The van der Waals surface area contributed by atoms with Crippen molar-refractivity contribution in [2.45, 2.75) is 20.3 Å². The summed E-state index contributed by atoms with van der Waals surface area (Å²) in [6.45, 7) is 9.19. The molecule has 1 fully saturated rings. The van der Waals surface area contributed by atoms with Crippen LogP contribution in [0.25, 0.3) is 0 Å². The van der Waals surface area contributed by atoms with Crippen LogP contribution >= 0.6 is 0 Å². The summed E-state index contributed by atoms with van der Waals surface area (Å²) in [5, 5.41) is 3.43. The lowest BCUT2D eigenvalue weighted by molar-refractivity contribution is 0.00698. The highest BCUT2D eigenvalue weighted by atomic mass is 19.3. The fourth-order valence-corrected chi connectivity index (χ4v) is 2.21. The predicted molar refractivity (Wildman–Crippen MR) is 64.5 cm³/mol. The molecule has 2 unspecified atom stereocenters. The maximum Gasteiger partial charge on any atom is 0.261 e. The molecule has 0 amide bonds. The number of hydrogen-bond donors (Lipinski definition) is 1. The predicted octanol–water partition coefficient (Wildman–Crippen LogP) is 1.45. The normalized spacial score (nSPS) is 28.1. The molecule has 0 aromatic rings. The van der Waals surface area contributed by atoms with Crippen molar-refractivity contribution in [2.75, 3.05) is 45.9 Å². The van der Waals surface area contributed by atoms with Crippen molar-refractivity contribution in [3.8, 4) is 0 Å². The summed E-state index contributed by atoms with van der Waals surface area (Å²) in [4.78, 5) is 2.32. The summed E-state index contributed by atoms with van der Waals surface area (Å²) in [7, 11) is 0. The van der Waals surface area contributed by atoms with E-state index in [0.717, 1.165) is 32.7 Å². The van der Waals surface area contributed by atoms with Crippen molar-refractivity contribution < 1.29 is 13.5 Å². The van der Waals surface area contributed by atoms with Crippen LogP contribution in [-0.4, -0.2) is 57.3 Å². The molecule has 2 atom stereocenters. The molecule has 1 aliphatic heterocycles. The Morgan fingerprint density at radius 1 is 1.24 bits per heavy atom. The van der Waals surface area contributed by atoms with Crippen LogP contribution < -0.4 is 5.32 Å². The number of hydrogen-bond acceptors (Lipinski definition) is 3. The van der Waals surface area contributed by atoms with E-state index in [2.05, 4.69) is 24.1 Å². The molecule has 0 aromatic heterocycles. The lowest BCUT2D eigenvalue weighted by atomic mass is 10.1. The lowest BCUT2D eigenvalue weighted by Crippen LogP contribution is -2.43. The van der Waals surface area contributed by atoms with Crippen LogP contribution in [0.2, 0.25) is 0 Å². The first-order chi connectivity index (χ1) is 8.08. The SMILES string of the molecule is CC1CNCC(C)CN(CCOCC(F)F)C1. The molecule has 1 N–H and O–H groups in total. The van der Waals surface area contributed by atoms with Gasteiger partial charge in [0.1, 0.15) is 6.61 Å². The molecule has 0 spiro atoms. The molecule has 1 rings (SSSR count). The summed E-state index contributed by atoms with van der Waals surface area (Å²) in [6.07, 6.45) is -2.36. The highest BCUT2D eigenvalue weighted by Crippen LogP contribution is 2.07. The average molecular weight is 250 g/mol. The molecule has 1 aliphatic rings. The van der Waals surface area contributed by atoms with Crippen LogP contribution in [-0.2, 0) is 4.74 Å². The molecule has 0 aliphatic carbocycles. The molecule has 3 nitrogen and oxygen atoms in total. The van der Waals surface area contributed by atoms with Gasteiger partial charge >= 0.3 is 0 Å². The second-order valence-electron chi connectivity index (χ2n) is 5.09. The Balaban J connectivity index is 2.23. The van der Waals surface area contributed by atoms with Gasteiger partial charge in [0.25, 0.3) is 6.43 Å². The van der Waals surface area contributed by atoms with Gasteiger partial charge in [-0.15, -0.1) is 0 Å². The zero-order valence-electron chi connectivity index (χ0n) is 10.8. The molecule has 0 aromatic carbocycles. The molecular weight excluding hydrogens is 226 g/mol. The van der Waals surface area contributed by atoms with E-state index in [1.807, 2.05) is 0 Å². The Morgan fingerprint density at radius 2 is 1.82 bits per heavy atom. The van der Waals surface area contributed by atoms with E-state index in [1.54, 1.807) is 0 Å². The monoisotopic (exact) mass is 250 g/mol. The third kappa shape index (κ3) is 6.91. The molecule has 0 saturated carbocycles. The van der Waals surface area contributed by atoms with Crippen LogP contribution in [0, 0.1) is 11.8 Å². The van der Waals surface area contributed by atoms with Gasteiger partial charge in [-0.2, -0.15) is 0 Å². The molecule has 1 heterocycles. The molecular formula is C12H24F2N2O. The molecule has 0 radical (unpaired) electrons. The van der Waals surface area contributed by atoms with Crippen molar-refractivity contribution >= 4 is 0 Å². The van der Waals surface area contributed by atoms with Gasteiger partial charge in [-0.1, -0.05) is 13.8 Å². The summed E-state index contributed by atoms with van der Waals surface area (Å²) in [5.74, 6) is 1.19. The van der Waals surface area contributed by atoms with Gasteiger partial charge in [0.2, 0.25) is 0 Å². The smallest absolute Gasteiger partial charge is 0.261 e. The second kappa shape index (κ2) is 7.95. The minimum absolute atomic E-state index is 0.400. The third-order valence-corrected chi connectivity index (χ3v) is 2.92. The number of nitrogens with zero attached hydrogens (tertiary/aromatic N) is 1. The highest BCUT2D eigenvalue weighted by Gasteiger charge is 2.16. The first kappa shape index (κ1) is 14.8. The topological polar surface area (TPSA) is 24.5 Å². The lowest BCUT2D eigenvalue weighted by Gasteiger charge is -2.31. The minimum Gasteiger partial charge on any atom is -0.374 e. The maximum atomic E-state index is 11.9.